The summed E-state index contributed by atoms with van der Waals surface area (Å²) >= 11 is 7.73. The van der Waals surface area contributed by atoms with Gasteiger partial charge in [-0.25, -0.2) is 4.98 Å². The fraction of sp³-hybridized carbons (Fsp3) is 0.444. The lowest BCUT2D eigenvalue weighted by atomic mass is 10.1. The molecule has 0 saturated carbocycles. The molecule has 7 nitrogen and oxygen atoms in total. The number of rotatable bonds is 7. The average Bonchev–Trinajstić information content (AvgIpc) is 3.19. The fourth-order valence-corrected chi connectivity index (χ4v) is 4.02. The zero-order valence-corrected chi connectivity index (χ0v) is 17.9. The predicted octanol–water partition coefficient (Wildman–Crippen LogP) is 3.85. The first kappa shape index (κ1) is 22.5. The van der Waals surface area contributed by atoms with Crippen molar-refractivity contribution in [2.24, 2.45) is 10.9 Å². The maximum Gasteiger partial charge on any atom is 0.199 e. The van der Waals surface area contributed by atoms with Gasteiger partial charge < -0.3 is 20.4 Å². The van der Waals surface area contributed by atoms with Crippen molar-refractivity contribution in [2.75, 3.05) is 33.4 Å². The average molecular weight is 447 g/mol. The molecule has 2 heterocycles. The van der Waals surface area contributed by atoms with Crippen LogP contribution in [0.4, 0.5) is 0 Å². The Morgan fingerprint density at radius 3 is 2.79 bits per heavy atom. The molecule has 3 N–H and O–H groups in total. The quantitative estimate of drug-likeness (QED) is 0.290. The summed E-state index contributed by atoms with van der Waals surface area (Å²) in [5, 5.41) is 14.5. The van der Waals surface area contributed by atoms with Gasteiger partial charge in [-0.05, 0) is 38.1 Å². The second-order valence-corrected chi connectivity index (χ2v) is 7.53. The van der Waals surface area contributed by atoms with Crippen LogP contribution in [-0.2, 0) is 0 Å². The van der Waals surface area contributed by atoms with Gasteiger partial charge in [-0.15, -0.1) is 23.7 Å². The lowest BCUT2D eigenvalue weighted by molar-refractivity contribution is 0.180. The number of benzene rings is 1. The van der Waals surface area contributed by atoms with Crippen molar-refractivity contribution in [1.82, 2.24) is 9.88 Å². The first-order valence-electron chi connectivity index (χ1n) is 8.79. The maximum atomic E-state index is 8.78. The molecule has 0 aliphatic carbocycles. The number of thiazole rings is 1. The van der Waals surface area contributed by atoms with Crippen LogP contribution in [0.3, 0.4) is 0 Å². The Kier molecular flexibility index (Phi) is 8.62. The van der Waals surface area contributed by atoms with Gasteiger partial charge in [0.05, 0.1) is 17.8 Å². The highest BCUT2D eigenvalue weighted by Gasteiger charge is 2.16. The number of nitrogens with two attached hydrogens (primary N) is 1. The van der Waals surface area contributed by atoms with Gasteiger partial charge in [-0.1, -0.05) is 23.2 Å². The molecule has 0 radical (unpaired) electrons. The SMILES string of the molecule is COc1cc(-c2csc(C(N)=NO)n2)cc(Cl)c1OCCN1CCCCC1.Cl. The Morgan fingerprint density at radius 1 is 1.36 bits per heavy atom. The number of methoxy groups -OCH3 is 1. The van der Waals surface area contributed by atoms with Gasteiger partial charge in [0, 0.05) is 17.5 Å². The van der Waals surface area contributed by atoms with Gasteiger partial charge >= 0.3 is 0 Å². The van der Waals surface area contributed by atoms with Crippen LogP contribution in [0.15, 0.2) is 22.7 Å². The molecule has 1 saturated heterocycles. The molecule has 1 fully saturated rings. The number of halogens is 2. The maximum absolute atomic E-state index is 8.78. The molecule has 0 spiro atoms. The molecular formula is C18H24Cl2N4O3S. The third-order valence-corrected chi connectivity index (χ3v) is 5.60. The van der Waals surface area contributed by atoms with E-state index in [2.05, 4.69) is 15.0 Å². The van der Waals surface area contributed by atoms with Crippen LogP contribution < -0.4 is 15.2 Å². The zero-order chi connectivity index (χ0) is 19.2. The number of likely N-dealkylation sites (tertiary alicyclic amines) is 1. The summed E-state index contributed by atoms with van der Waals surface area (Å²) in [7, 11) is 1.58. The van der Waals surface area contributed by atoms with Crippen molar-refractivity contribution in [3.05, 3.63) is 27.5 Å². The van der Waals surface area contributed by atoms with Gasteiger partial charge in [0.2, 0.25) is 0 Å². The van der Waals surface area contributed by atoms with E-state index in [4.69, 9.17) is 32.0 Å². The van der Waals surface area contributed by atoms with Crippen LogP contribution in [0.25, 0.3) is 11.3 Å². The molecule has 1 aromatic carbocycles. The Labute approximate surface area is 179 Å². The largest absolute Gasteiger partial charge is 0.493 e. The predicted molar refractivity (Wildman–Crippen MR) is 115 cm³/mol. The van der Waals surface area contributed by atoms with Gasteiger partial charge in [-0.2, -0.15) is 0 Å². The monoisotopic (exact) mass is 446 g/mol. The summed E-state index contributed by atoms with van der Waals surface area (Å²) in [6.07, 6.45) is 3.81. The summed E-state index contributed by atoms with van der Waals surface area (Å²) < 4.78 is 11.4. The standard InChI is InChI=1S/C18H23ClN4O3S.ClH/c1-25-15-10-12(14-11-27-18(21-14)17(20)22-24)9-13(19)16(15)26-8-7-23-5-3-2-4-6-23;/h9-11,24H,2-8H2,1H3,(H2,20,22);1H. The van der Waals surface area contributed by atoms with E-state index in [0.717, 1.165) is 25.2 Å². The summed E-state index contributed by atoms with van der Waals surface area (Å²) in [5.74, 6) is 1.06. The normalized spacial score (nSPS) is 15.1. The highest BCUT2D eigenvalue weighted by molar-refractivity contribution is 7.12. The Morgan fingerprint density at radius 2 is 2.11 bits per heavy atom. The first-order valence-corrected chi connectivity index (χ1v) is 10.0. The minimum absolute atomic E-state index is 0. The summed E-state index contributed by atoms with van der Waals surface area (Å²) in [6, 6.07) is 3.61. The van der Waals surface area contributed by atoms with Crippen LogP contribution >= 0.6 is 35.3 Å². The van der Waals surface area contributed by atoms with Crippen molar-refractivity contribution >= 4 is 41.2 Å². The molecule has 1 aliphatic rings. The molecule has 154 valence electrons. The summed E-state index contributed by atoms with van der Waals surface area (Å²) in [5.41, 5.74) is 7.03. The summed E-state index contributed by atoms with van der Waals surface area (Å²) in [4.78, 5) is 6.77. The van der Waals surface area contributed by atoms with E-state index >= 15 is 0 Å². The molecule has 0 bridgehead atoms. The Bertz CT molecular complexity index is 810. The van der Waals surface area contributed by atoms with E-state index in [-0.39, 0.29) is 18.2 Å². The van der Waals surface area contributed by atoms with Crippen LogP contribution in [0, 0.1) is 0 Å². The van der Waals surface area contributed by atoms with E-state index in [1.54, 1.807) is 13.2 Å². The summed E-state index contributed by atoms with van der Waals surface area (Å²) in [6.45, 7) is 3.68. The van der Waals surface area contributed by atoms with E-state index < -0.39 is 0 Å². The Balaban J connectivity index is 0.00000280. The van der Waals surface area contributed by atoms with Crippen molar-refractivity contribution in [3.63, 3.8) is 0 Å². The number of oxime groups is 1. The van der Waals surface area contributed by atoms with E-state index in [0.29, 0.717) is 33.8 Å². The second kappa shape index (κ2) is 10.7. The molecule has 0 unspecified atom stereocenters. The fourth-order valence-electron chi connectivity index (χ4n) is 3.03. The van der Waals surface area contributed by atoms with Gasteiger partial charge in [0.25, 0.3) is 0 Å². The molecule has 0 amide bonds. The van der Waals surface area contributed by atoms with Gasteiger partial charge in [0.1, 0.15) is 6.61 Å². The van der Waals surface area contributed by atoms with E-state index in [1.807, 2.05) is 11.4 Å². The molecule has 2 aromatic rings. The van der Waals surface area contributed by atoms with Gasteiger partial charge in [0.15, 0.2) is 22.3 Å². The number of hydrogen-bond donors (Lipinski definition) is 2. The number of piperidine rings is 1. The van der Waals surface area contributed by atoms with Crippen LogP contribution in [0.1, 0.15) is 24.3 Å². The molecule has 1 aromatic heterocycles. The van der Waals surface area contributed by atoms with Crippen molar-refractivity contribution in [1.29, 1.82) is 0 Å². The second-order valence-electron chi connectivity index (χ2n) is 6.26. The van der Waals surface area contributed by atoms with E-state index in [1.165, 1.54) is 30.6 Å². The van der Waals surface area contributed by atoms with Crippen LogP contribution in [0.5, 0.6) is 11.5 Å². The number of nitrogens with zero attached hydrogens (tertiary/aromatic N) is 3. The molecule has 3 rings (SSSR count). The highest BCUT2D eigenvalue weighted by atomic mass is 35.5. The molecule has 1 aliphatic heterocycles. The minimum atomic E-state index is -0.0259. The van der Waals surface area contributed by atoms with Crippen molar-refractivity contribution < 1.29 is 14.7 Å². The molecule has 28 heavy (non-hydrogen) atoms. The first-order chi connectivity index (χ1) is 13.1. The lowest BCUT2D eigenvalue weighted by Crippen LogP contribution is -2.33. The van der Waals surface area contributed by atoms with Crippen LogP contribution in [0.2, 0.25) is 5.02 Å². The Hall–Kier alpha value is -1.74. The number of hydrogen-bond acceptors (Lipinski definition) is 7. The zero-order valence-electron chi connectivity index (χ0n) is 15.6. The molecular weight excluding hydrogens is 423 g/mol. The minimum Gasteiger partial charge on any atom is -0.493 e. The lowest BCUT2D eigenvalue weighted by Gasteiger charge is -2.26. The molecule has 0 atom stereocenters. The van der Waals surface area contributed by atoms with Crippen LogP contribution in [-0.4, -0.2) is 54.3 Å². The third-order valence-electron chi connectivity index (χ3n) is 4.46. The number of aromatic nitrogens is 1. The molecule has 10 heteroatoms. The van der Waals surface area contributed by atoms with Gasteiger partial charge in [-0.3, -0.25) is 4.90 Å². The van der Waals surface area contributed by atoms with E-state index in [9.17, 15) is 0 Å². The van der Waals surface area contributed by atoms with Crippen molar-refractivity contribution in [2.45, 2.75) is 19.3 Å². The number of ether oxygens (including phenoxy) is 2. The number of amidine groups is 1. The highest BCUT2D eigenvalue weighted by Crippen LogP contribution is 2.39. The smallest absolute Gasteiger partial charge is 0.199 e. The topological polar surface area (TPSA) is 93.2 Å². The third kappa shape index (κ3) is 5.41. The van der Waals surface area contributed by atoms with Crippen molar-refractivity contribution in [3.8, 4) is 22.8 Å².